The smallest absolute Gasteiger partial charge is 0.313 e. The summed E-state index contributed by atoms with van der Waals surface area (Å²) in [6.45, 7) is 3.74. The second kappa shape index (κ2) is 9.85. The molecule has 2 N–H and O–H groups in total. The molecule has 1 saturated heterocycles. The molecule has 2 aromatic rings. The molecule has 0 spiro atoms. The number of benzene rings is 2. The molecule has 148 valence electrons. The van der Waals surface area contributed by atoms with Gasteiger partial charge in [0.15, 0.2) is 0 Å². The molecular formula is C21H24FN3O3. The standard InChI is InChI=1S/C21H24FN3O3/c22-17-5-7-18(8-6-17)24-21(27)20(26)23-11-1-2-16-3-9-19(10-4-16)25-12-14-28-15-13-25/h3-10H,1-2,11-15H2,(H,23,26)(H,24,27). The van der Waals surface area contributed by atoms with Gasteiger partial charge >= 0.3 is 11.8 Å². The van der Waals surface area contributed by atoms with Crippen LogP contribution in [0.3, 0.4) is 0 Å². The van der Waals surface area contributed by atoms with Crippen molar-refractivity contribution >= 4 is 23.2 Å². The van der Waals surface area contributed by atoms with Crippen LogP contribution in [0.1, 0.15) is 12.0 Å². The van der Waals surface area contributed by atoms with Crippen LogP contribution >= 0.6 is 0 Å². The first-order valence-electron chi connectivity index (χ1n) is 9.38. The Morgan fingerprint density at radius 2 is 1.64 bits per heavy atom. The number of halogens is 1. The fourth-order valence-electron chi connectivity index (χ4n) is 2.99. The Bertz CT molecular complexity index is 788. The first kappa shape index (κ1) is 19.8. The van der Waals surface area contributed by atoms with E-state index in [-0.39, 0.29) is 0 Å². The molecule has 2 aromatic carbocycles. The van der Waals surface area contributed by atoms with Crippen molar-refractivity contribution < 1.29 is 18.7 Å². The second-order valence-corrected chi connectivity index (χ2v) is 6.59. The van der Waals surface area contributed by atoms with Gasteiger partial charge in [0.05, 0.1) is 13.2 Å². The van der Waals surface area contributed by atoms with Crippen LogP contribution in [-0.4, -0.2) is 44.7 Å². The van der Waals surface area contributed by atoms with E-state index in [4.69, 9.17) is 4.74 Å². The number of morpholine rings is 1. The van der Waals surface area contributed by atoms with Crippen LogP contribution < -0.4 is 15.5 Å². The number of aryl methyl sites for hydroxylation is 1. The third-order valence-electron chi connectivity index (χ3n) is 4.55. The van der Waals surface area contributed by atoms with E-state index < -0.39 is 17.6 Å². The maximum atomic E-state index is 12.8. The summed E-state index contributed by atoms with van der Waals surface area (Å²) in [4.78, 5) is 26.0. The molecule has 1 heterocycles. The molecule has 2 amide bonds. The molecular weight excluding hydrogens is 361 g/mol. The van der Waals surface area contributed by atoms with E-state index in [1.807, 2.05) is 0 Å². The van der Waals surface area contributed by atoms with Crippen LogP contribution in [0.4, 0.5) is 15.8 Å². The Morgan fingerprint density at radius 3 is 2.32 bits per heavy atom. The first-order valence-corrected chi connectivity index (χ1v) is 9.38. The molecule has 0 saturated carbocycles. The number of nitrogens with zero attached hydrogens (tertiary/aromatic N) is 1. The van der Waals surface area contributed by atoms with Gasteiger partial charge in [-0.1, -0.05) is 12.1 Å². The van der Waals surface area contributed by atoms with Crippen LogP contribution in [0.2, 0.25) is 0 Å². The molecule has 0 aromatic heterocycles. The largest absolute Gasteiger partial charge is 0.378 e. The molecule has 3 rings (SSSR count). The lowest BCUT2D eigenvalue weighted by molar-refractivity contribution is -0.136. The van der Waals surface area contributed by atoms with Gasteiger partial charge < -0.3 is 20.3 Å². The summed E-state index contributed by atoms with van der Waals surface area (Å²) in [5, 5.41) is 5.03. The third kappa shape index (κ3) is 5.79. The van der Waals surface area contributed by atoms with Crippen molar-refractivity contribution in [3.05, 3.63) is 59.9 Å². The fraction of sp³-hybridized carbons (Fsp3) is 0.333. The van der Waals surface area contributed by atoms with Crippen molar-refractivity contribution in [1.29, 1.82) is 0 Å². The molecule has 0 aliphatic carbocycles. The van der Waals surface area contributed by atoms with Crippen LogP contribution in [-0.2, 0) is 20.7 Å². The molecule has 0 bridgehead atoms. The summed E-state index contributed by atoms with van der Waals surface area (Å²) in [6.07, 6.45) is 1.54. The Morgan fingerprint density at radius 1 is 0.964 bits per heavy atom. The van der Waals surface area contributed by atoms with Crippen molar-refractivity contribution in [3.8, 4) is 0 Å². The normalized spacial score (nSPS) is 13.8. The third-order valence-corrected chi connectivity index (χ3v) is 4.55. The highest BCUT2D eigenvalue weighted by Gasteiger charge is 2.13. The van der Waals surface area contributed by atoms with E-state index in [1.165, 1.54) is 35.5 Å². The summed E-state index contributed by atoms with van der Waals surface area (Å²) in [7, 11) is 0. The van der Waals surface area contributed by atoms with E-state index in [2.05, 4.69) is 39.8 Å². The van der Waals surface area contributed by atoms with Gasteiger partial charge in [-0.2, -0.15) is 0 Å². The summed E-state index contributed by atoms with van der Waals surface area (Å²) in [5.41, 5.74) is 2.75. The maximum Gasteiger partial charge on any atom is 0.313 e. The minimum absolute atomic E-state index is 0.377. The topological polar surface area (TPSA) is 70.7 Å². The van der Waals surface area contributed by atoms with Crippen molar-refractivity contribution in [1.82, 2.24) is 5.32 Å². The Hall–Kier alpha value is -2.93. The van der Waals surface area contributed by atoms with E-state index >= 15 is 0 Å². The summed E-state index contributed by atoms with van der Waals surface area (Å²) >= 11 is 0. The van der Waals surface area contributed by atoms with Gasteiger partial charge in [-0.3, -0.25) is 9.59 Å². The van der Waals surface area contributed by atoms with E-state index in [0.29, 0.717) is 12.2 Å². The van der Waals surface area contributed by atoms with Gasteiger partial charge in [-0.25, -0.2) is 4.39 Å². The lowest BCUT2D eigenvalue weighted by Crippen LogP contribution is -2.36. The number of rotatable bonds is 6. The summed E-state index contributed by atoms with van der Waals surface area (Å²) < 4.78 is 18.2. The molecule has 0 radical (unpaired) electrons. The molecule has 1 fully saturated rings. The average Bonchev–Trinajstić information content (AvgIpc) is 2.73. The number of anilines is 2. The predicted octanol–water partition coefficient (Wildman–Crippen LogP) is 2.35. The highest BCUT2D eigenvalue weighted by Crippen LogP contribution is 2.17. The van der Waals surface area contributed by atoms with Crippen molar-refractivity contribution in [2.45, 2.75) is 12.8 Å². The number of nitrogens with one attached hydrogen (secondary N) is 2. The van der Waals surface area contributed by atoms with E-state index in [0.717, 1.165) is 39.1 Å². The lowest BCUT2D eigenvalue weighted by atomic mass is 10.1. The van der Waals surface area contributed by atoms with Crippen LogP contribution in [0, 0.1) is 5.82 Å². The summed E-state index contributed by atoms with van der Waals surface area (Å²) in [5.74, 6) is -1.87. The zero-order valence-corrected chi connectivity index (χ0v) is 15.6. The zero-order chi connectivity index (χ0) is 19.8. The highest BCUT2D eigenvalue weighted by atomic mass is 19.1. The van der Waals surface area contributed by atoms with Gasteiger partial charge in [0, 0.05) is 31.0 Å². The quantitative estimate of drug-likeness (QED) is 0.592. The molecule has 7 heteroatoms. The molecule has 28 heavy (non-hydrogen) atoms. The average molecular weight is 385 g/mol. The predicted molar refractivity (Wildman–Crippen MR) is 106 cm³/mol. The van der Waals surface area contributed by atoms with Gasteiger partial charge in [0.1, 0.15) is 5.82 Å². The summed E-state index contributed by atoms with van der Waals surface area (Å²) in [6, 6.07) is 13.6. The van der Waals surface area contributed by atoms with E-state index in [1.54, 1.807) is 0 Å². The molecule has 1 aliphatic rings. The van der Waals surface area contributed by atoms with Crippen molar-refractivity contribution in [2.24, 2.45) is 0 Å². The number of amides is 2. The minimum Gasteiger partial charge on any atom is -0.378 e. The van der Waals surface area contributed by atoms with Crippen LogP contribution in [0.25, 0.3) is 0 Å². The molecule has 1 aliphatic heterocycles. The SMILES string of the molecule is O=C(NCCCc1ccc(N2CCOCC2)cc1)C(=O)Nc1ccc(F)cc1. The molecule has 0 unspecified atom stereocenters. The van der Waals surface area contributed by atoms with Gasteiger partial charge in [-0.15, -0.1) is 0 Å². The van der Waals surface area contributed by atoms with Gasteiger partial charge in [0.2, 0.25) is 0 Å². The highest BCUT2D eigenvalue weighted by molar-refractivity contribution is 6.39. The number of hydrogen-bond donors (Lipinski definition) is 2. The van der Waals surface area contributed by atoms with E-state index in [9.17, 15) is 14.0 Å². The fourth-order valence-corrected chi connectivity index (χ4v) is 2.99. The first-order chi connectivity index (χ1) is 13.6. The van der Waals surface area contributed by atoms with Crippen molar-refractivity contribution in [3.63, 3.8) is 0 Å². The number of ether oxygens (including phenoxy) is 1. The lowest BCUT2D eigenvalue weighted by Gasteiger charge is -2.28. The zero-order valence-electron chi connectivity index (χ0n) is 15.6. The monoisotopic (exact) mass is 385 g/mol. The maximum absolute atomic E-state index is 12.8. The number of carbonyl (C=O) groups is 2. The number of hydrogen-bond acceptors (Lipinski definition) is 4. The van der Waals surface area contributed by atoms with Crippen molar-refractivity contribution in [2.75, 3.05) is 43.1 Å². The number of carbonyl (C=O) groups excluding carboxylic acids is 2. The second-order valence-electron chi connectivity index (χ2n) is 6.59. The molecule has 0 atom stereocenters. The molecule has 6 nitrogen and oxygen atoms in total. The Labute approximate surface area is 163 Å². The van der Waals surface area contributed by atoms with Gasteiger partial charge in [-0.05, 0) is 54.8 Å². The Balaban J connectivity index is 1.37. The minimum atomic E-state index is -0.763. The van der Waals surface area contributed by atoms with Crippen LogP contribution in [0.15, 0.2) is 48.5 Å². The van der Waals surface area contributed by atoms with Gasteiger partial charge in [0.25, 0.3) is 0 Å². The van der Waals surface area contributed by atoms with Crippen LogP contribution in [0.5, 0.6) is 0 Å². The Kier molecular flexibility index (Phi) is 6.97.